The Morgan fingerprint density at radius 2 is 2.15 bits per heavy atom. The highest BCUT2D eigenvalue weighted by atomic mass is 32.2. The van der Waals surface area contributed by atoms with Gasteiger partial charge in [0.25, 0.3) is 0 Å². The van der Waals surface area contributed by atoms with Gasteiger partial charge in [-0.3, -0.25) is 0 Å². The van der Waals surface area contributed by atoms with Crippen molar-refractivity contribution in [2.24, 2.45) is 0 Å². The highest BCUT2D eigenvalue weighted by Crippen LogP contribution is 2.25. The largest absolute Gasteiger partial charge is 0.479 e. The van der Waals surface area contributed by atoms with Crippen molar-refractivity contribution in [2.45, 2.75) is 16.9 Å². The molecule has 1 atom stereocenters. The van der Waals surface area contributed by atoms with E-state index < -0.39 is 17.5 Å². The number of para-hydroxylation sites is 1. The van der Waals surface area contributed by atoms with Gasteiger partial charge in [0.2, 0.25) is 0 Å². The number of hydrogen-bond donors (Lipinski definition) is 3. The van der Waals surface area contributed by atoms with E-state index in [2.05, 4.69) is 10.6 Å². The van der Waals surface area contributed by atoms with Crippen LogP contribution in [0.15, 0.2) is 29.2 Å². The molecule has 0 aliphatic carbocycles. The fraction of sp³-hybridized carbons (Fsp3) is 0.385. The second kappa shape index (κ2) is 6.15. The summed E-state index contributed by atoms with van der Waals surface area (Å²) in [4.78, 5) is 24.2. The van der Waals surface area contributed by atoms with E-state index in [9.17, 15) is 14.7 Å². The Morgan fingerprint density at radius 3 is 2.75 bits per heavy atom. The molecule has 7 heteroatoms. The minimum absolute atomic E-state index is 0.0140. The first-order chi connectivity index (χ1) is 9.57. The van der Waals surface area contributed by atoms with Crippen LogP contribution >= 0.6 is 11.8 Å². The zero-order chi connectivity index (χ0) is 14.6. The van der Waals surface area contributed by atoms with Gasteiger partial charge < -0.3 is 20.5 Å². The summed E-state index contributed by atoms with van der Waals surface area (Å²) in [5.41, 5.74) is -0.685. The molecule has 0 aromatic heterocycles. The molecule has 1 saturated heterocycles. The van der Waals surface area contributed by atoms with Crippen LogP contribution in [0.1, 0.15) is 6.42 Å². The Bertz CT molecular complexity index is 515. The number of nitrogens with one attached hydrogen (secondary N) is 2. The Kier molecular flexibility index (Phi) is 4.51. The lowest BCUT2D eigenvalue weighted by atomic mass is 9.99. The van der Waals surface area contributed by atoms with Crippen molar-refractivity contribution in [1.29, 1.82) is 0 Å². The number of thioether (sulfide) groups is 1. The number of hydrogen-bond acceptors (Lipinski definition) is 4. The van der Waals surface area contributed by atoms with Gasteiger partial charge in [-0.15, -0.1) is 11.8 Å². The van der Waals surface area contributed by atoms with E-state index in [1.807, 2.05) is 18.4 Å². The summed E-state index contributed by atoms with van der Waals surface area (Å²) < 4.78 is 5.09. The van der Waals surface area contributed by atoms with E-state index >= 15 is 0 Å². The smallest absolute Gasteiger partial charge is 0.332 e. The van der Waals surface area contributed by atoms with Gasteiger partial charge in [-0.05, 0) is 18.4 Å². The van der Waals surface area contributed by atoms with Crippen LogP contribution in [0.2, 0.25) is 0 Å². The Balaban J connectivity index is 2.07. The molecule has 1 aliphatic rings. The summed E-state index contributed by atoms with van der Waals surface area (Å²) in [5.74, 6) is -1.08. The van der Waals surface area contributed by atoms with E-state index in [0.717, 1.165) is 4.90 Å². The highest BCUT2D eigenvalue weighted by Gasteiger charge is 2.44. The van der Waals surface area contributed by atoms with Crippen molar-refractivity contribution in [2.75, 3.05) is 24.8 Å². The van der Waals surface area contributed by atoms with Gasteiger partial charge in [0, 0.05) is 17.9 Å². The molecule has 0 bridgehead atoms. The molecular formula is C13H16N2O4S. The fourth-order valence-corrected chi connectivity index (χ4v) is 2.56. The summed E-state index contributed by atoms with van der Waals surface area (Å²) in [6.07, 6.45) is 2.17. The number of aliphatic carboxylic acids is 1. The van der Waals surface area contributed by atoms with E-state index in [1.165, 1.54) is 11.8 Å². The lowest BCUT2D eigenvalue weighted by molar-refractivity contribution is -0.144. The first-order valence-electron chi connectivity index (χ1n) is 6.11. The number of carbonyl (C=O) groups is 2. The maximum atomic E-state index is 12.0. The predicted octanol–water partition coefficient (Wildman–Crippen LogP) is 1.77. The number of ether oxygens (including phenoxy) is 1. The molecule has 3 N–H and O–H groups in total. The number of anilines is 1. The summed E-state index contributed by atoms with van der Waals surface area (Å²) >= 11 is 1.50. The topological polar surface area (TPSA) is 87.7 Å². The van der Waals surface area contributed by atoms with Crippen molar-refractivity contribution in [3.05, 3.63) is 24.3 Å². The molecule has 2 rings (SSSR count). The number of urea groups is 1. The third-order valence-electron chi connectivity index (χ3n) is 3.14. The van der Waals surface area contributed by atoms with Crippen LogP contribution in [0.4, 0.5) is 10.5 Å². The Labute approximate surface area is 120 Å². The molecule has 20 heavy (non-hydrogen) atoms. The van der Waals surface area contributed by atoms with E-state index in [1.54, 1.807) is 12.1 Å². The van der Waals surface area contributed by atoms with Crippen molar-refractivity contribution < 1.29 is 19.4 Å². The normalized spacial score (nSPS) is 21.4. The lowest BCUT2D eigenvalue weighted by Crippen LogP contribution is -2.56. The number of rotatable bonds is 4. The van der Waals surface area contributed by atoms with Crippen LogP contribution < -0.4 is 10.6 Å². The van der Waals surface area contributed by atoms with Gasteiger partial charge in [-0.2, -0.15) is 0 Å². The van der Waals surface area contributed by atoms with Gasteiger partial charge in [0.1, 0.15) is 0 Å². The third kappa shape index (κ3) is 3.05. The van der Waals surface area contributed by atoms with E-state index in [4.69, 9.17) is 4.74 Å². The van der Waals surface area contributed by atoms with Crippen LogP contribution in [0.5, 0.6) is 0 Å². The van der Waals surface area contributed by atoms with Crippen molar-refractivity contribution in [3.63, 3.8) is 0 Å². The molecule has 1 aliphatic heterocycles. The van der Waals surface area contributed by atoms with Gasteiger partial charge >= 0.3 is 12.0 Å². The van der Waals surface area contributed by atoms with Crippen molar-refractivity contribution in [1.82, 2.24) is 5.32 Å². The number of benzene rings is 1. The van der Waals surface area contributed by atoms with E-state index in [0.29, 0.717) is 12.3 Å². The Morgan fingerprint density at radius 1 is 1.40 bits per heavy atom. The molecule has 1 fully saturated rings. The lowest BCUT2D eigenvalue weighted by Gasteiger charge is -2.24. The van der Waals surface area contributed by atoms with Gasteiger partial charge in [0.05, 0.1) is 12.3 Å². The summed E-state index contributed by atoms with van der Waals surface area (Å²) in [7, 11) is 0. The monoisotopic (exact) mass is 296 g/mol. The maximum absolute atomic E-state index is 12.0. The SMILES string of the molecule is CSc1ccccc1NC(=O)NC1(C(=O)O)CCOC1. The molecule has 108 valence electrons. The molecule has 1 aromatic carbocycles. The maximum Gasteiger partial charge on any atom is 0.332 e. The molecule has 0 saturated carbocycles. The standard InChI is InChI=1S/C13H16N2O4S/c1-20-10-5-3-2-4-9(10)14-12(18)15-13(11(16)17)6-7-19-8-13/h2-5H,6-8H2,1H3,(H,16,17)(H2,14,15,18). The second-order valence-electron chi connectivity index (χ2n) is 4.47. The van der Waals surface area contributed by atoms with E-state index in [-0.39, 0.29) is 13.0 Å². The van der Waals surface area contributed by atoms with Crippen molar-refractivity contribution in [3.8, 4) is 0 Å². The third-order valence-corrected chi connectivity index (χ3v) is 3.93. The molecular weight excluding hydrogens is 280 g/mol. The summed E-state index contributed by atoms with van der Waals surface area (Å²) in [6, 6.07) is 6.79. The quantitative estimate of drug-likeness (QED) is 0.737. The highest BCUT2D eigenvalue weighted by molar-refractivity contribution is 7.98. The zero-order valence-corrected chi connectivity index (χ0v) is 11.8. The summed E-state index contributed by atoms with van der Waals surface area (Å²) in [5, 5.41) is 14.4. The van der Waals surface area contributed by atoms with Gasteiger partial charge in [-0.25, -0.2) is 9.59 Å². The zero-order valence-electron chi connectivity index (χ0n) is 11.0. The number of carbonyl (C=O) groups excluding carboxylic acids is 1. The first kappa shape index (κ1) is 14.7. The fourth-order valence-electron chi connectivity index (χ4n) is 2.00. The van der Waals surface area contributed by atoms with Crippen LogP contribution in [0.3, 0.4) is 0 Å². The van der Waals surface area contributed by atoms with Crippen LogP contribution in [0.25, 0.3) is 0 Å². The number of amides is 2. The average Bonchev–Trinajstić information content (AvgIpc) is 2.89. The van der Waals surface area contributed by atoms with Crippen LogP contribution in [-0.2, 0) is 9.53 Å². The molecule has 1 unspecified atom stereocenters. The molecule has 2 amide bonds. The number of carboxylic acid groups (broad SMARTS) is 1. The van der Waals surface area contributed by atoms with Crippen LogP contribution in [-0.4, -0.2) is 42.1 Å². The number of carboxylic acids is 1. The minimum atomic E-state index is -1.33. The molecule has 0 radical (unpaired) electrons. The molecule has 0 spiro atoms. The first-order valence-corrected chi connectivity index (χ1v) is 7.33. The van der Waals surface area contributed by atoms with Gasteiger partial charge in [-0.1, -0.05) is 12.1 Å². The molecule has 6 nitrogen and oxygen atoms in total. The predicted molar refractivity (Wildman–Crippen MR) is 76.2 cm³/mol. The average molecular weight is 296 g/mol. The van der Waals surface area contributed by atoms with Crippen LogP contribution in [0, 0.1) is 0 Å². The molecule has 1 aromatic rings. The molecule has 1 heterocycles. The minimum Gasteiger partial charge on any atom is -0.479 e. The second-order valence-corrected chi connectivity index (χ2v) is 5.32. The summed E-state index contributed by atoms with van der Waals surface area (Å²) in [6.45, 7) is 0.313. The van der Waals surface area contributed by atoms with Gasteiger partial charge in [0.15, 0.2) is 5.54 Å². The van der Waals surface area contributed by atoms with Crippen molar-refractivity contribution >= 4 is 29.4 Å². The Hall–Kier alpha value is -1.73.